The fourth-order valence-corrected chi connectivity index (χ4v) is 5.53. The zero-order valence-electron chi connectivity index (χ0n) is 19.4. The molecule has 0 fully saturated rings. The second-order valence-electron chi connectivity index (χ2n) is 9.56. The van der Waals surface area contributed by atoms with Gasteiger partial charge < -0.3 is 15.2 Å². The second-order valence-corrected chi connectivity index (χ2v) is 9.56. The number of aromatic nitrogens is 1. The Morgan fingerprint density at radius 2 is 1.59 bits per heavy atom. The van der Waals surface area contributed by atoms with Gasteiger partial charge in [0.2, 0.25) is 5.43 Å². The maximum absolute atomic E-state index is 13.6. The Hall–Kier alpha value is -3.38. The molecule has 2 unspecified atom stereocenters. The number of aromatic hydroxyl groups is 1. The molecule has 2 aliphatic rings. The molecule has 2 aromatic carbocycles. The van der Waals surface area contributed by atoms with E-state index in [-0.39, 0.29) is 36.0 Å². The predicted octanol–water partition coefficient (Wildman–Crippen LogP) is 3.60. The molecular weight excluding hydrogens is 428 g/mol. The fraction of sp³-hybridized carbons (Fsp3) is 0.357. The first-order valence-corrected chi connectivity index (χ1v) is 12.0. The Morgan fingerprint density at radius 3 is 2.21 bits per heavy atom. The van der Waals surface area contributed by atoms with Gasteiger partial charge >= 0.3 is 0 Å². The topological polar surface area (TPSA) is 82.8 Å². The number of carbonyl (C=O) groups excluding carboxylic acids is 1. The molecule has 5 rings (SSSR count). The normalized spacial score (nSPS) is 18.9. The maximum Gasteiger partial charge on any atom is 0.224 e. The van der Waals surface area contributed by atoms with Gasteiger partial charge in [-0.1, -0.05) is 55.5 Å². The van der Waals surface area contributed by atoms with Crippen LogP contribution in [0.15, 0.2) is 65.6 Å². The van der Waals surface area contributed by atoms with Gasteiger partial charge in [0.05, 0.1) is 6.04 Å². The number of aliphatic hydroxyl groups is 1. The summed E-state index contributed by atoms with van der Waals surface area (Å²) in [5.74, 6) is -1.18. The Balaban J connectivity index is 1.71. The zero-order valence-corrected chi connectivity index (χ0v) is 19.4. The number of ketones is 1. The van der Waals surface area contributed by atoms with Crippen molar-refractivity contribution in [3.63, 3.8) is 0 Å². The van der Waals surface area contributed by atoms with E-state index in [9.17, 15) is 19.8 Å². The molecule has 0 saturated carbocycles. The third-order valence-corrected chi connectivity index (χ3v) is 7.30. The summed E-state index contributed by atoms with van der Waals surface area (Å²) in [5, 5.41) is 22.5. The number of fused-ring (bicyclic) bond motifs is 3. The van der Waals surface area contributed by atoms with Gasteiger partial charge in [-0.25, -0.2) is 0 Å². The minimum atomic E-state index is -0.558. The third-order valence-electron chi connectivity index (χ3n) is 7.30. The number of rotatable bonds is 4. The van der Waals surface area contributed by atoms with E-state index in [1.165, 1.54) is 28.3 Å². The van der Waals surface area contributed by atoms with Gasteiger partial charge in [-0.15, -0.1) is 0 Å². The standard InChI is InChI=1S/C28H30N2O4/c1-18(17-31)16-21-12-14-29(30-15-13-24(32)28(34)26(30)27(21)33)25-22-8-4-2-6-19(22)10-11-20-7-3-5-9-23(20)25/h2-9,13,15,18,21,25,31,34H,10-12,14,16-17H2,1H3. The van der Waals surface area contributed by atoms with Crippen molar-refractivity contribution >= 4 is 5.78 Å². The molecule has 0 amide bonds. The summed E-state index contributed by atoms with van der Waals surface area (Å²) in [6, 6.07) is 17.9. The highest BCUT2D eigenvalue weighted by Crippen LogP contribution is 2.38. The van der Waals surface area contributed by atoms with Crippen LogP contribution in [0.5, 0.6) is 5.75 Å². The van der Waals surface area contributed by atoms with E-state index in [2.05, 4.69) is 41.4 Å². The van der Waals surface area contributed by atoms with Crippen LogP contribution in [0.3, 0.4) is 0 Å². The van der Waals surface area contributed by atoms with Gasteiger partial charge in [0.1, 0.15) is 0 Å². The van der Waals surface area contributed by atoms with Crippen LogP contribution in [-0.4, -0.2) is 33.8 Å². The highest BCUT2D eigenvalue weighted by molar-refractivity contribution is 5.99. The van der Waals surface area contributed by atoms with Crippen LogP contribution in [0.25, 0.3) is 0 Å². The molecule has 6 nitrogen and oxygen atoms in total. The third kappa shape index (κ3) is 3.82. The molecule has 34 heavy (non-hydrogen) atoms. The van der Waals surface area contributed by atoms with E-state index in [0.29, 0.717) is 19.4 Å². The SMILES string of the molecule is CC(CO)CC1CCN(C2c3ccccc3CCc3ccccc32)n2ccc(=O)c(O)c2C1=O. The van der Waals surface area contributed by atoms with Crippen molar-refractivity contribution in [2.45, 2.75) is 38.6 Å². The van der Waals surface area contributed by atoms with Gasteiger partial charge in [-0.3, -0.25) is 14.3 Å². The maximum atomic E-state index is 13.6. The lowest BCUT2D eigenvalue weighted by Gasteiger charge is -2.37. The number of aliphatic hydroxyl groups excluding tert-OH is 1. The molecule has 2 N–H and O–H groups in total. The summed E-state index contributed by atoms with van der Waals surface area (Å²) < 4.78 is 1.70. The number of carbonyl (C=O) groups is 1. The number of hydrogen-bond acceptors (Lipinski definition) is 5. The number of Topliss-reactive ketones (excluding diaryl/α,β-unsaturated/α-hetero) is 1. The lowest BCUT2D eigenvalue weighted by molar-refractivity contribution is 0.0879. The smallest absolute Gasteiger partial charge is 0.224 e. The van der Waals surface area contributed by atoms with E-state index in [1.807, 2.05) is 19.1 Å². The minimum Gasteiger partial charge on any atom is -0.503 e. The van der Waals surface area contributed by atoms with Crippen molar-refractivity contribution < 1.29 is 15.0 Å². The molecule has 0 spiro atoms. The number of hydrogen-bond donors (Lipinski definition) is 2. The highest BCUT2D eigenvalue weighted by Gasteiger charge is 2.37. The second kappa shape index (κ2) is 9.11. The van der Waals surface area contributed by atoms with E-state index >= 15 is 0 Å². The lowest BCUT2D eigenvalue weighted by atomic mass is 9.88. The van der Waals surface area contributed by atoms with Crippen molar-refractivity contribution in [1.29, 1.82) is 0 Å². The molecule has 2 atom stereocenters. The molecule has 6 heteroatoms. The Kier molecular flexibility index (Phi) is 6.00. The lowest BCUT2D eigenvalue weighted by Crippen LogP contribution is -2.41. The summed E-state index contributed by atoms with van der Waals surface area (Å²) >= 11 is 0. The van der Waals surface area contributed by atoms with E-state index in [4.69, 9.17) is 0 Å². The molecule has 1 aliphatic carbocycles. The van der Waals surface area contributed by atoms with Crippen LogP contribution < -0.4 is 10.4 Å². The first-order valence-electron chi connectivity index (χ1n) is 12.0. The van der Waals surface area contributed by atoms with Crippen LogP contribution in [0.4, 0.5) is 0 Å². The molecule has 2 heterocycles. The van der Waals surface area contributed by atoms with Crippen molar-refractivity contribution in [1.82, 2.24) is 4.68 Å². The van der Waals surface area contributed by atoms with Gasteiger partial charge in [-0.2, -0.15) is 0 Å². The van der Waals surface area contributed by atoms with Crippen LogP contribution in [0.2, 0.25) is 0 Å². The fourth-order valence-electron chi connectivity index (χ4n) is 5.53. The molecule has 3 aromatic rings. The van der Waals surface area contributed by atoms with Crippen LogP contribution in [0, 0.1) is 11.8 Å². The van der Waals surface area contributed by atoms with Gasteiger partial charge in [-0.05, 0) is 53.9 Å². The zero-order chi connectivity index (χ0) is 23.8. The predicted molar refractivity (Wildman–Crippen MR) is 131 cm³/mol. The Morgan fingerprint density at radius 1 is 0.971 bits per heavy atom. The van der Waals surface area contributed by atoms with Gasteiger partial charge in [0.25, 0.3) is 0 Å². The van der Waals surface area contributed by atoms with Crippen molar-refractivity contribution in [3.05, 3.63) is 99.0 Å². The minimum absolute atomic E-state index is 0.00948. The largest absolute Gasteiger partial charge is 0.503 e. The van der Waals surface area contributed by atoms with E-state index in [1.54, 1.807) is 10.9 Å². The molecular formula is C28H30N2O4. The highest BCUT2D eigenvalue weighted by atomic mass is 16.3. The number of aryl methyl sites for hydroxylation is 2. The summed E-state index contributed by atoms with van der Waals surface area (Å²) in [6.07, 6.45) is 4.54. The van der Waals surface area contributed by atoms with Crippen molar-refractivity contribution in [2.24, 2.45) is 11.8 Å². The molecule has 0 radical (unpaired) electrons. The Bertz CT molecular complexity index is 1230. The molecule has 0 bridgehead atoms. The summed E-state index contributed by atoms with van der Waals surface area (Å²) in [5.41, 5.74) is 4.35. The van der Waals surface area contributed by atoms with Crippen LogP contribution >= 0.6 is 0 Å². The first kappa shape index (κ1) is 22.4. The number of pyridine rings is 1. The van der Waals surface area contributed by atoms with E-state index in [0.717, 1.165) is 12.8 Å². The molecule has 176 valence electrons. The average Bonchev–Trinajstić information content (AvgIpc) is 3.10. The molecule has 0 saturated heterocycles. The summed E-state index contributed by atoms with van der Waals surface area (Å²) in [7, 11) is 0. The van der Waals surface area contributed by atoms with Crippen molar-refractivity contribution in [2.75, 3.05) is 18.2 Å². The van der Waals surface area contributed by atoms with E-state index < -0.39 is 11.2 Å². The van der Waals surface area contributed by atoms with Crippen LogP contribution in [-0.2, 0) is 12.8 Å². The number of nitrogens with zero attached hydrogens (tertiary/aromatic N) is 2. The van der Waals surface area contributed by atoms with Crippen LogP contribution in [0.1, 0.15) is 58.5 Å². The average molecular weight is 459 g/mol. The molecule has 1 aliphatic heterocycles. The summed E-state index contributed by atoms with van der Waals surface area (Å²) in [6.45, 7) is 2.47. The van der Waals surface area contributed by atoms with Gasteiger partial charge in [0, 0.05) is 31.3 Å². The van der Waals surface area contributed by atoms with Crippen molar-refractivity contribution in [3.8, 4) is 5.75 Å². The summed E-state index contributed by atoms with van der Waals surface area (Å²) in [4.78, 5) is 26.0. The monoisotopic (exact) mass is 458 g/mol. The van der Waals surface area contributed by atoms with Gasteiger partial charge in [0.15, 0.2) is 17.2 Å². The first-order chi connectivity index (χ1) is 16.5. The quantitative estimate of drug-likeness (QED) is 0.624. The molecule has 1 aromatic heterocycles. The number of benzene rings is 2. The Labute approximate surface area is 199 Å².